The van der Waals surface area contributed by atoms with Gasteiger partial charge in [-0.15, -0.1) is 0 Å². The van der Waals surface area contributed by atoms with Gasteiger partial charge in [-0.2, -0.15) is 0 Å². The minimum absolute atomic E-state index is 0.0163. The maximum atomic E-state index is 13.2. The zero-order valence-electron chi connectivity index (χ0n) is 10.1. The monoisotopic (exact) mass is 272 g/mol. The van der Waals surface area contributed by atoms with Crippen molar-refractivity contribution in [3.05, 3.63) is 35.6 Å². The molecule has 0 bridgehead atoms. The molecule has 0 aromatic heterocycles. The van der Waals surface area contributed by atoms with Gasteiger partial charge in [0.15, 0.2) is 9.84 Å². The first kappa shape index (κ1) is 13.5. The van der Waals surface area contributed by atoms with Gasteiger partial charge in [0, 0.05) is 18.2 Å². The Kier molecular flexibility index (Phi) is 3.21. The van der Waals surface area contributed by atoms with E-state index in [1.165, 1.54) is 12.1 Å². The van der Waals surface area contributed by atoms with Crippen molar-refractivity contribution in [2.45, 2.75) is 23.6 Å². The van der Waals surface area contributed by atoms with Gasteiger partial charge in [0.05, 0.1) is 10.8 Å². The van der Waals surface area contributed by atoms with Gasteiger partial charge >= 0.3 is 0 Å². The molecule has 1 fully saturated rings. The summed E-state index contributed by atoms with van der Waals surface area (Å²) in [5, 5.41) is -0.707. The maximum Gasteiger partial charge on any atom is 0.155 e. The molecule has 3 atom stereocenters. The molecule has 0 radical (unpaired) electrons. The van der Waals surface area contributed by atoms with Gasteiger partial charge < -0.3 is 11.5 Å². The van der Waals surface area contributed by atoms with Crippen molar-refractivity contribution >= 4 is 9.84 Å². The molecule has 1 aliphatic carbocycles. The van der Waals surface area contributed by atoms with Crippen LogP contribution in [-0.4, -0.2) is 31.5 Å². The molecule has 100 valence electrons. The van der Waals surface area contributed by atoms with E-state index in [-0.39, 0.29) is 12.3 Å². The number of hydrogen-bond donors (Lipinski definition) is 2. The number of sulfone groups is 1. The van der Waals surface area contributed by atoms with Crippen LogP contribution in [0.15, 0.2) is 24.3 Å². The highest BCUT2D eigenvalue weighted by atomic mass is 32.2. The molecule has 4 nitrogen and oxygen atoms in total. The minimum atomic E-state index is -3.28. The lowest BCUT2D eigenvalue weighted by Gasteiger charge is -2.07. The Hall–Kier alpha value is -0.980. The van der Waals surface area contributed by atoms with E-state index >= 15 is 0 Å². The molecule has 0 unspecified atom stereocenters. The standard InChI is InChI=1S/C12H17FN2O2S/c1-2-18(16,17)11-10(12(11,15)7-14)8-4-3-5-9(13)6-8/h3-6,10-11H,2,7,14-15H2,1H3/t10-,11-,12+/m1/s1. The molecule has 0 aliphatic heterocycles. The molecule has 0 amide bonds. The normalized spacial score (nSPS) is 31.3. The van der Waals surface area contributed by atoms with Crippen LogP contribution in [-0.2, 0) is 9.84 Å². The average Bonchev–Trinajstić information content (AvgIpc) is 2.98. The third-order valence-corrected chi connectivity index (χ3v) is 5.94. The van der Waals surface area contributed by atoms with Crippen LogP contribution in [0.3, 0.4) is 0 Å². The zero-order chi connectivity index (χ0) is 13.6. The largest absolute Gasteiger partial charge is 0.329 e. The van der Waals surface area contributed by atoms with Crippen molar-refractivity contribution in [3.8, 4) is 0 Å². The summed E-state index contributed by atoms with van der Waals surface area (Å²) in [5.74, 6) is -0.794. The summed E-state index contributed by atoms with van der Waals surface area (Å²) in [5.41, 5.74) is 11.3. The summed E-state index contributed by atoms with van der Waals surface area (Å²) in [4.78, 5) is 0. The summed E-state index contributed by atoms with van der Waals surface area (Å²) in [7, 11) is -3.28. The molecule has 6 heteroatoms. The number of benzene rings is 1. The summed E-state index contributed by atoms with van der Waals surface area (Å²) >= 11 is 0. The quantitative estimate of drug-likeness (QED) is 0.830. The molecular formula is C12H17FN2O2S. The van der Waals surface area contributed by atoms with E-state index < -0.39 is 32.4 Å². The Morgan fingerprint density at radius 1 is 1.44 bits per heavy atom. The van der Waals surface area contributed by atoms with E-state index in [0.29, 0.717) is 5.56 Å². The second kappa shape index (κ2) is 4.29. The highest BCUT2D eigenvalue weighted by Crippen LogP contribution is 2.53. The molecule has 0 saturated heterocycles. The average molecular weight is 272 g/mol. The Labute approximate surface area is 106 Å². The van der Waals surface area contributed by atoms with Crippen LogP contribution in [0.4, 0.5) is 4.39 Å². The Morgan fingerprint density at radius 3 is 2.61 bits per heavy atom. The number of nitrogens with two attached hydrogens (primary N) is 2. The van der Waals surface area contributed by atoms with Crippen LogP contribution in [0, 0.1) is 5.82 Å². The first-order chi connectivity index (χ1) is 8.36. The fourth-order valence-corrected chi connectivity index (χ4v) is 4.59. The van der Waals surface area contributed by atoms with Gasteiger partial charge in [0.2, 0.25) is 0 Å². The zero-order valence-corrected chi connectivity index (χ0v) is 11.0. The molecule has 4 N–H and O–H groups in total. The second-order valence-electron chi connectivity index (χ2n) is 4.72. The van der Waals surface area contributed by atoms with Gasteiger partial charge in [-0.1, -0.05) is 19.1 Å². The van der Waals surface area contributed by atoms with Crippen molar-refractivity contribution < 1.29 is 12.8 Å². The van der Waals surface area contributed by atoms with E-state index in [1.54, 1.807) is 19.1 Å². The van der Waals surface area contributed by atoms with Gasteiger partial charge in [0.25, 0.3) is 0 Å². The number of halogens is 1. The molecule has 1 aromatic carbocycles. The lowest BCUT2D eigenvalue weighted by Crippen LogP contribution is -2.39. The first-order valence-corrected chi connectivity index (χ1v) is 7.54. The van der Waals surface area contributed by atoms with Gasteiger partial charge in [-0.05, 0) is 17.7 Å². The van der Waals surface area contributed by atoms with Crippen molar-refractivity contribution in [2.75, 3.05) is 12.3 Å². The fourth-order valence-electron chi connectivity index (χ4n) is 2.57. The summed E-state index contributed by atoms with van der Waals surface area (Å²) in [6.45, 7) is 1.64. The third kappa shape index (κ3) is 1.94. The maximum absolute atomic E-state index is 13.2. The van der Waals surface area contributed by atoms with Gasteiger partial charge in [-0.3, -0.25) is 0 Å². The molecule has 1 aliphatic rings. The molecule has 0 spiro atoms. The van der Waals surface area contributed by atoms with E-state index in [0.717, 1.165) is 0 Å². The topological polar surface area (TPSA) is 86.2 Å². The number of rotatable bonds is 4. The molecule has 1 aromatic rings. The molecule has 1 saturated carbocycles. The number of hydrogen-bond acceptors (Lipinski definition) is 4. The van der Waals surface area contributed by atoms with Crippen LogP contribution in [0.5, 0.6) is 0 Å². The lowest BCUT2D eigenvalue weighted by atomic mass is 10.1. The SMILES string of the molecule is CCS(=O)(=O)[C@@H]1[C@@H](c2cccc(F)c2)[C@@]1(N)CN. The highest BCUT2D eigenvalue weighted by molar-refractivity contribution is 7.92. The predicted molar refractivity (Wildman–Crippen MR) is 68.4 cm³/mol. The Bertz CT molecular complexity index is 561. The van der Waals surface area contributed by atoms with Gasteiger partial charge in [0.1, 0.15) is 5.82 Å². The van der Waals surface area contributed by atoms with Crippen LogP contribution < -0.4 is 11.5 Å². The van der Waals surface area contributed by atoms with Crippen LogP contribution >= 0.6 is 0 Å². The lowest BCUT2D eigenvalue weighted by molar-refractivity contribution is 0.587. The van der Waals surface area contributed by atoms with E-state index in [4.69, 9.17) is 11.5 Å². The third-order valence-electron chi connectivity index (χ3n) is 3.65. The van der Waals surface area contributed by atoms with Crippen LogP contribution in [0.2, 0.25) is 0 Å². The van der Waals surface area contributed by atoms with Crippen LogP contribution in [0.1, 0.15) is 18.4 Å². The van der Waals surface area contributed by atoms with Crippen molar-refractivity contribution in [1.29, 1.82) is 0 Å². The molecule has 18 heavy (non-hydrogen) atoms. The van der Waals surface area contributed by atoms with E-state index in [1.807, 2.05) is 0 Å². The van der Waals surface area contributed by atoms with Gasteiger partial charge in [-0.25, -0.2) is 12.8 Å². The van der Waals surface area contributed by atoms with Crippen molar-refractivity contribution in [3.63, 3.8) is 0 Å². The molecule has 2 rings (SSSR count). The fraction of sp³-hybridized carbons (Fsp3) is 0.500. The summed E-state index contributed by atoms with van der Waals surface area (Å²) < 4.78 is 37.1. The molecular weight excluding hydrogens is 255 g/mol. The van der Waals surface area contributed by atoms with Crippen molar-refractivity contribution in [1.82, 2.24) is 0 Å². The second-order valence-corrected chi connectivity index (χ2v) is 7.13. The van der Waals surface area contributed by atoms with Crippen molar-refractivity contribution in [2.24, 2.45) is 11.5 Å². The Morgan fingerprint density at radius 2 is 2.11 bits per heavy atom. The Balaban J connectivity index is 2.40. The van der Waals surface area contributed by atoms with Crippen LogP contribution in [0.25, 0.3) is 0 Å². The predicted octanol–water partition coefficient (Wildman–Crippen LogP) is 0.382. The van der Waals surface area contributed by atoms with E-state index in [9.17, 15) is 12.8 Å². The smallest absolute Gasteiger partial charge is 0.155 e. The van der Waals surface area contributed by atoms with E-state index in [2.05, 4.69) is 0 Å². The summed E-state index contributed by atoms with van der Waals surface area (Å²) in [6.07, 6.45) is 0. The minimum Gasteiger partial charge on any atom is -0.329 e. The highest BCUT2D eigenvalue weighted by Gasteiger charge is 2.67. The molecule has 0 heterocycles. The first-order valence-electron chi connectivity index (χ1n) is 5.83. The summed E-state index contributed by atoms with van der Waals surface area (Å²) in [6, 6.07) is 5.88.